The number of fused-ring (bicyclic) bond motifs is 1. The van der Waals surface area contributed by atoms with Crippen LogP contribution in [0.15, 0.2) is 35.7 Å². The Hall–Kier alpha value is -1.01. The van der Waals surface area contributed by atoms with Gasteiger partial charge in [0.1, 0.15) is 6.54 Å². The van der Waals surface area contributed by atoms with Gasteiger partial charge in [0.05, 0.1) is 18.7 Å². The van der Waals surface area contributed by atoms with Gasteiger partial charge in [-0.3, -0.25) is 0 Å². The Bertz CT molecular complexity index is 659. The van der Waals surface area contributed by atoms with E-state index in [0.29, 0.717) is 5.02 Å². The molecule has 0 aliphatic carbocycles. The van der Waals surface area contributed by atoms with Crippen molar-refractivity contribution in [1.82, 2.24) is 0 Å². The maximum absolute atomic E-state index is 12.3. The minimum atomic E-state index is -0.364. The van der Waals surface area contributed by atoms with Crippen molar-refractivity contribution >= 4 is 42.4 Å². The second-order valence-electron chi connectivity index (χ2n) is 5.18. The predicted octanol–water partition coefficient (Wildman–Crippen LogP) is 2.37. The third-order valence-electron chi connectivity index (χ3n) is 3.99. The molecule has 2 atom stereocenters. The fraction of sp³-hybridized carbons (Fsp3) is 0.312. The Kier molecular flexibility index (Phi) is 5.92. The van der Waals surface area contributed by atoms with Crippen LogP contribution in [0.25, 0.3) is 0 Å². The van der Waals surface area contributed by atoms with Crippen molar-refractivity contribution in [3.63, 3.8) is 0 Å². The van der Waals surface area contributed by atoms with Gasteiger partial charge in [0.15, 0.2) is 0 Å². The standard InChI is InChI=1S/C16H16ClNO2S.H2S/c1-20-16(19)15(12-4-2-3-5-13(12)17)18-8-6-14-11(10-18)7-9-21-14;/h2-5,7,9,15H,6,8,10H2,1H3;1H2/p+1/t15-;/m0./s1. The highest BCUT2D eigenvalue weighted by atomic mass is 35.5. The van der Waals surface area contributed by atoms with Crippen molar-refractivity contribution in [2.45, 2.75) is 19.0 Å². The number of ether oxygens (including phenoxy) is 1. The molecule has 1 aliphatic heterocycles. The molecule has 3 rings (SSSR count). The van der Waals surface area contributed by atoms with Crippen LogP contribution in [-0.4, -0.2) is 19.6 Å². The predicted molar refractivity (Wildman–Crippen MR) is 94.1 cm³/mol. The number of rotatable bonds is 3. The highest BCUT2D eigenvalue weighted by Crippen LogP contribution is 2.24. The van der Waals surface area contributed by atoms with E-state index >= 15 is 0 Å². The van der Waals surface area contributed by atoms with Crippen molar-refractivity contribution in [2.24, 2.45) is 0 Å². The average Bonchev–Trinajstić information content (AvgIpc) is 2.97. The molecule has 0 saturated heterocycles. The monoisotopic (exact) mass is 356 g/mol. The van der Waals surface area contributed by atoms with E-state index < -0.39 is 0 Å². The van der Waals surface area contributed by atoms with Crippen LogP contribution in [0, 0.1) is 0 Å². The number of thiophene rings is 1. The zero-order valence-corrected chi connectivity index (χ0v) is 14.8. The first-order chi connectivity index (χ1) is 10.2. The lowest BCUT2D eigenvalue weighted by molar-refractivity contribution is -0.938. The molecule has 0 spiro atoms. The Labute approximate surface area is 146 Å². The molecule has 0 fully saturated rings. The summed E-state index contributed by atoms with van der Waals surface area (Å²) in [5.41, 5.74) is 2.18. The topological polar surface area (TPSA) is 30.7 Å². The van der Waals surface area contributed by atoms with Crippen LogP contribution < -0.4 is 4.90 Å². The molecule has 1 aliphatic rings. The van der Waals surface area contributed by atoms with Gasteiger partial charge in [0.2, 0.25) is 6.04 Å². The fourth-order valence-electron chi connectivity index (χ4n) is 2.94. The van der Waals surface area contributed by atoms with Gasteiger partial charge in [-0.1, -0.05) is 29.8 Å². The van der Waals surface area contributed by atoms with Crippen molar-refractivity contribution in [2.75, 3.05) is 13.7 Å². The number of nitrogens with one attached hydrogen (secondary N) is 1. The highest BCUT2D eigenvalue weighted by Gasteiger charge is 2.36. The van der Waals surface area contributed by atoms with E-state index in [1.807, 2.05) is 24.3 Å². The van der Waals surface area contributed by atoms with Crippen LogP contribution in [-0.2, 0) is 22.5 Å². The molecule has 3 nitrogen and oxygen atoms in total. The molecule has 22 heavy (non-hydrogen) atoms. The second-order valence-corrected chi connectivity index (χ2v) is 6.59. The van der Waals surface area contributed by atoms with Gasteiger partial charge >= 0.3 is 5.97 Å². The van der Waals surface area contributed by atoms with Gasteiger partial charge in [-0.25, -0.2) is 4.79 Å². The van der Waals surface area contributed by atoms with Crippen molar-refractivity contribution in [3.05, 3.63) is 56.7 Å². The van der Waals surface area contributed by atoms with E-state index in [0.717, 1.165) is 25.1 Å². The Morgan fingerprint density at radius 2 is 2.14 bits per heavy atom. The normalized spacial score (nSPS) is 18.0. The van der Waals surface area contributed by atoms with E-state index in [4.69, 9.17) is 16.3 Å². The lowest BCUT2D eigenvalue weighted by Gasteiger charge is -2.30. The zero-order chi connectivity index (χ0) is 14.8. The number of benzene rings is 1. The fourth-order valence-corrected chi connectivity index (χ4v) is 4.09. The number of hydrogen-bond acceptors (Lipinski definition) is 3. The number of methoxy groups -OCH3 is 1. The quantitative estimate of drug-likeness (QED) is 0.856. The summed E-state index contributed by atoms with van der Waals surface area (Å²) >= 11 is 8.10. The summed E-state index contributed by atoms with van der Waals surface area (Å²) in [5.74, 6) is -0.225. The van der Waals surface area contributed by atoms with E-state index in [-0.39, 0.29) is 25.5 Å². The van der Waals surface area contributed by atoms with Gasteiger partial charge in [-0.05, 0) is 17.5 Å². The van der Waals surface area contributed by atoms with Crippen LogP contribution in [0.2, 0.25) is 5.02 Å². The number of quaternary nitrogens is 1. The minimum Gasteiger partial charge on any atom is -0.464 e. The van der Waals surface area contributed by atoms with E-state index in [2.05, 4.69) is 11.4 Å². The third-order valence-corrected chi connectivity index (χ3v) is 5.36. The SMILES string of the molecule is COC(=O)[C@H](c1ccccc1Cl)[NH+]1CCc2sccc2C1.S. The molecule has 118 valence electrons. The van der Waals surface area contributed by atoms with E-state index in [1.165, 1.54) is 22.5 Å². The van der Waals surface area contributed by atoms with Crippen molar-refractivity contribution in [1.29, 1.82) is 0 Å². The summed E-state index contributed by atoms with van der Waals surface area (Å²) < 4.78 is 5.03. The molecule has 2 aromatic rings. The maximum atomic E-state index is 12.3. The zero-order valence-electron chi connectivity index (χ0n) is 12.3. The number of halogens is 1. The van der Waals surface area contributed by atoms with Crippen molar-refractivity contribution < 1.29 is 14.4 Å². The molecule has 2 heterocycles. The molecule has 0 amide bonds. The minimum absolute atomic E-state index is 0. The molecular formula is C16H19ClNO2S2+. The van der Waals surface area contributed by atoms with Crippen LogP contribution in [0.1, 0.15) is 22.0 Å². The first-order valence-electron chi connectivity index (χ1n) is 6.92. The summed E-state index contributed by atoms with van der Waals surface area (Å²) in [4.78, 5) is 14.9. The lowest BCUT2D eigenvalue weighted by Crippen LogP contribution is -3.13. The molecule has 6 heteroatoms. The molecule has 0 radical (unpaired) electrons. The summed E-state index contributed by atoms with van der Waals surface area (Å²) in [6.07, 6.45) is 1.00. The number of esters is 1. The first kappa shape index (κ1) is 17.3. The summed E-state index contributed by atoms with van der Waals surface area (Å²) in [6, 6.07) is 9.32. The molecule has 1 unspecified atom stereocenters. The van der Waals surface area contributed by atoms with E-state index in [1.54, 1.807) is 11.3 Å². The van der Waals surface area contributed by atoms with Gasteiger partial charge in [-0.2, -0.15) is 13.5 Å². The van der Waals surface area contributed by atoms with Crippen LogP contribution >= 0.6 is 36.4 Å². The summed E-state index contributed by atoms with van der Waals surface area (Å²) in [7, 11) is 1.44. The third kappa shape index (κ3) is 3.33. The number of hydrogen-bond donors (Lipinski definition) is 1. The lowest BCUT2D eigenvalue weighted by atomic mass is 10.0. The van der Waals surface area contributed by atoms with Crippen LogP contribution in [0.3, 0.4) is 0 Å². The van der Waals surface area contributed by atoms with E-state index in [9.17, 15) is 4.79 Å². The molecule has 0 bridgehead atoms. The largest absolute Gasteiger partial charge is 0.464 e. The number of carbonyl (C=O) groups is 1. The smallest absolute Gasteiger partial charge is 0.369 e. The first-order valence-corrected chi connectivity index (χ1v) is 8.18. The Morgan fingerprint density at radius 1 is 1.36 bits per heavy atom. The average molecular weight is 357 g/mol. The summed E-state index contributed by atoms with van der Waals surface area (Å²) in [5, 5.41) is 2.74. The maximum Gasteiger partial charge on any atom is 0.369 e. The Morgan fingerprint density at radius 3 is 2.86 bits per heavy atom. The molecule has 1 aromatic heterocycles. The number of carbonyl (C=O) groups excluding carboxylic acids is 1. The second kappa shape index (κ2) is 7.51. The molecule has 1 aromatic carbocycles. The van der Waals surface area contributed by atoms with Crippen molar-refractivity contribution in [3.8, 4) is 0 Å². The van der Waals surface area contributed by atoms with Crippen LogP contribution in [0.4, 0.5) is 0 Å². The van der Waals surface area contributed by atoms with Gasteiger partial charge in [0.25, 0.3) is 0 Å². The molecular weight excluding hydrogens is 338 g/mol. The van der Waals surface area contributed by atoms with Gasteiger partial charge in [-0.15, -0.1) is 11.3 Å². The molecule has 0 saturated carbocycles. The van der Waals surface area contributed by atoms with Gasteiger partial charge < -0.3 is 9.64 Å². The van der Waals surface area contributed by atoms with Gasteiger partial charge in [0, 0.05) is 22.4 Å². The summed E-state index contributed by atoms with van der Waals surface area (Å²) in [6.45, 7) is 1.75. The molecule has 1 N–H and O–H groups in total. The van der Waals surface area contributed by atoms with Crippen LogP contribution in [0.5, 0.6) is 0 Å². The Balaban J connectivity index is 0.00000176. The highest BCUT2D eigenvalue weighted by molar-refractivity contribution is 7.59.